The van der Waals surface area contributed by atoms with Gasteiger partial charge in [0.25, 0.3) is 0 Å². The molecule has 36 heavy (non-hydrogen) atoms. The second kappa shape index (κ2) is 9.75. The third-order valence-electron chi connectivity index (χ3n) is 6.06. The first-order chi connectivity index (χ1) is 17.0. The first-order valence-electron chi connectivity index (χ1n) is 10.7. The van der Waals surface area contributed by atoms with E-state index in [0.29, 0.717) is 25.5 Å². The molecular formula is C24H21ClN2O8S. The molecule has 1 aromatic carbocycles. The molecule has 12 heteroatoms. The Balaban J connectivity index is 1.78. The van der Waals surface area contributed by atoms with Crippen molar-refractivity contribution in [3.05, 3.63) is 76.2 Å². The van der Waals surface area contributed by atoms with Crippen molar-refractivity contribution in [2.75, 3.05) is 0 Å². The molecule has 0 spiro atoms. The Labute approximate surface area is 212 Å². The highest BCUT2D eigenvalue weighted by Crippen LogP contribution is 2.40. The second-order valence-electron chi connectivity index (χ2n) is 8.48. The minimum absolute atomic E-state index is 0.0683. The van der Waals surface area contributed by atoms with Gasteiger partial charge in [0.1, 0.15) is 5.76 Å². The predicted octanol–water partition coefficient (Wildman–Crippen LogP) is 3.61. The van der Waals surface area contributed by atoms with E-state index in [1.54, 1.807) is 42.5 Å². The van der Waals surface area contributed by atoms with E-state index >= 15 is 0 Å². The van der Waals surface area contributed by atoms with Gasteiger partial charge in [-0.1, -0.05) is 11.6 Å². The number of benzene rings is 1. The summed E-state index contributed by atoms with van der Waals surface area (Å²) in [4.78, 5) is 53.3. The summed E-state index contributed by atoms with van der Waals surface area (Å²) in [5.41, 5.74) is -2.08. The maximum atomic E-state index is 13.6. The number of imide groups is 1. The Hall–Kier alpha value is -3.70. The largest absolute Gasteiger partial charge is 0.481 e. The van der Waals surface area contributed by atoms with Gasteiger partial charge in [-0.25, -0.2) is 18.7 Å². The first kappa shape index (κ1) is 25.4. The Bertz CT molecular complexity index is 1320. The molecule has 1 aliphatic heterocycles. The van der Waals surface area contributed by atoms with Crippen LogP contribution in [0, 0.1) is 5.92 Å². The third-order valence-corrected chi connectivity index (χ3v) is 7.80. The minimum atomic E-state index is -2.36. The number of carbonyl (C=O) groups excluding carboxylic acids is 2. The number of amides is 3. The van der Waals surface area contributed by atoms with Crippen molar-refractivity contribution in [2.24, 2.45) is 5.92 Å². The molecule has 0 saturated carbocycles. The molecule has 0 radical (unpaired) electrons. The van der Waals surface area contributed by atoms with E-state index in [-0.39, 0.29) is 18.7 Å². The van der Waals surface area contributed by atoms with Gasteiger partial charge in [0.2, 0.25) is 5.91 Å². The summed E-state index contributed by atoms with van der Waals surface area (Å²) >= 11 is 5.91. The molecule has 0 bridgehead atoms. The molecule has 3 atom stereocenters. The molecule has 2 heterocycles. The Morgan fingerprint density at radius 1 is 1.17 bits per heavy atom. The van der Waals surface area contributed by atoms with Crippen molar-refractivity contribution in [3.8, 4) is 0 Å². The van der Waals surface area contributed by atoms with Crippen LogP contribution in [0.15, 0.2) is 74.7 Å². The van der Waals surface area contributed by atoms with Crippen LogP contribution in [0.25, 0.3) is 0 Å². The van der Waals surface area contributed by atoms with Gasteiger partial charge < -0.3 is 14.6 Å². The van der Waals surface area contributed by atoms with E-state index in [1.807, 2.05) is 0 Å². The number of hydrogen-bond acceptors (Lipinski definition) is 6. The minimum Gasteiger partial charge on any atom is -0.481 e. The highest BCUT2D eigenvalue weighted by Gasteiger charge is 2.55. The van der Waals surface area contributed by atoms with Gasteiger partial charge in [-0.3, -0.25) is 14.5 Å². The number of rotatable bonds is 8. The van der Waals surface area contributed by atoms with Gasteiger partial charge in [-0.05, 0) is 61.9 Å². The lowest BCUT2D eigenvalue weighted by Gasteiger charge is -2.46. The van der Waals surface area contributed by atoms with Gasteiger partial charge in [0.15, 0.2) is 5.54 Å². The Kier molecular flexibility index (Phi) is 6.87. The van der Waals surface area contributed by atoms with Crippen molar-refractivity contribution < 1.29 is 38.0 Å². The molecule has 1 fully saturated rings. The normalized spacial score (nSPS) is 20.2. The van der Waals surface area contributed by atoms with Crippen LogP contribution in [0.4, 0.5) is 4.79 Å². The monoisotopic (exact) mass is 532 g/mol. The Morgan fingerprint density at radius 3 is 2.44 bits per heavy atom. The SMILES string of the molecule is C[C@](CC(=O)O)(C(=O)O)N1C(=O)C2CC([S@](=O)c3ccc(Cl)cc3)=CC=C2N(Cc2ccco2)C1=O. The maximum Gasteiger partial charge on any atom is 0.332 e. The van der Waals surface area contributed by atoms with E-state index in [2.05, 4.69) is 0 Å². The van der Waals surface area contributed by atoms with Crippen LogP contribution >= 0.6 is 11.6 Å². The number of carboxylic acid groups (broad SMARTS) is 2. The molecule has 188 valence electrons. The summed E-state index contributed by atoms with van der Waals surface area (Å²) in [6.45, 7) is 0.897. The lowest BCUT2D eigenvalue weighted by atomic mass is 9.87. The van der Waals surface area contributed by atoms with Crippen LogP contribution in [-0.2, 0) is 31.7 Å². The van der Waals surface area contributed by atoms with Crippen molar-refractivity contribution in [3.63, 3.8) is 0 Å². The van der Waals surface area contributed by atoms with E-state index in [9.17, 15) is 33.6 Å². The molecule has 2 N–H and O–H groups in total. The second-order valence-corrected chi connectivity index (χ2v) is 10.4. The molecule has 1 aliphatic carbocycles. The fraction of sp³-hybridized carbons (Fsp3) is 0.250. The highest BCUT2D eigenvalue weighted by molar-refractivity contribution is 7.89. The number of carboxylic acids is 2. The zero-order chi connectivity index (χ0) is 26.2. The van der Waals surface area contributed by atoms with Crippen LogP contribution in [0.3, 0.4) is 0 Å². The Morgan fingerprint density at radius 2 is 1.86 bits per heavy atom. The van der Waals surface area contributed by atoms with Crippen LogP contribution in [-0.4, -0.2) is 53.6 Å². The van der Waals surface area contributed by atoms with E-state index < -0.39 is 52.6 Å². The van der Waals surface area contributed by atoms with Crippen LogP contribution in [0.2, 0.25) is 5.02 Å². The lowest BCUT2D eigenvalue weighted by Crippen LogP contribution is -2.66. The predicted molar refractivity (Wildman–Crippen MR) is 127 cm³/mol. The standard InChI is InChI=1S/C24H21ClN2O8S/c1-24(22(31)32,12-20(28)29)27-21(30)18-11-17(36(34)16-6-4-14(25)5-7-16)8-9-19(18)26(23(27)33)13-15-3-2-10-35-15/h2-10,18H,11-13H2,1H3,(H,28,29)(H,31,32)/t18?,24-,36+/m0/s1. The van der Waals surface area contributed by atoms with Crippen LogP contribution in [0.1, 0.15) is 25.5 Å². The number of nitrogens with zero attached hydrogens (tertiary/aromatic N) is 2. The maximum absolute atomic E-state index is 13.6. The first-order valence-corrected chi connectivity index (χ1v) is 12.3. The molecular weight excluding hydrogens is 512 g/mol. The number of hydrogen-bond donors (Lipinski definition) is 2. The van der Waals surface area contributed by atoms with Crippen molar-refractivity contribution in [1.82, 2.24) is 9.80 Å². The molecule has 3 amide bonds. The van der Waals surface area contributed by atoms with E-state index in [4.69, 9.17) is 16.0 Å². The van der Waals surface area contributed by atoms with E-state index in [1.165, 1.54) is 17.2 Å². The highest BCUT2D eigenvalue weighted by atomic mass is 35.5. The van der Waals surface area contributed by atoms with Gasteiger partial charge in [-0.2, -0.15) is 0 Å². The number of fused-ring (bicyclic) bond motifs is 1. The van der Waals surface area contributed by atoms with Crippen molar-refractivity contribution >= 4 is 46.3 Å². The van der Waals surface area contributed by atoms with Gasteiger partial charge in [0, 0.05) is 20.5 Å². The van der Waals surface area contributed by atoms with Gasteiger partial charge in [-0.15, -0.1) is 0 Å². The van der Waals surface area contributed by atoms with Crippen LogP contribution in [0.5, 0.6) is 0 Å². The fourth-order valence-corrected chi connectivity index (χ4v) is 5.53. The molecule has 1 aromatic heterocycles. The molecule has 2 aromatic rings. The molecule has 4 rings (SSSR count). The summed E-state index contributed by atoms with van der Waals surface area (Å²) in [6, 6.07) is 8.58. The number of halogens is 1. The number of aliphatic carboxylic acids is 2. The smallest absolute Gasteiger partial charge is 0.332 e. The quantitative estimate of drug-likeness (QED) is 0.524. The summed E-state index contributed by atoms with van der Waals surface area (Å²) in [5, 5.41) is 19.7. The number of carbonyl (C=O) groups is 4. The average Bonchev–Trinajstić information content (AvgIpc) is 3.34. The zero-order valence-corrected chi connectivity index (χ0v) is 20.5. The van der Waals surface area contributed by atoms with Crippen molar-refractivity contribution in [1.29, 1.82) is 0 Å². The lowest BCUT2D eigenvalue weighted by molar-refractivity contribution is -0.162. The third kappa shape index (κ3) is 4.59. The average molecular weight is 533 g/mol. The molecule has 10 nitrogen and oxygen atoms in total. The summed E-state index contributed by atoms with van der Waals surface area (Å²) in [6.07, 6.45) is 3.40. The zero-order valence-electron chi connectivity index (χ0n) is 18.9. The van der Waals surface area contributed by atoms with E-state index in [0.717, 1.165) is 6.92 Å². The summed E-state index contributed by atoms with van der Waals surface area (Å²) in [7, 11) is -1.66. The van der Waals surface area contributed by atoms with Gasteiger partial charge in [0.05, 0.1) is 35.9 Å². The number of furan rings is 1. The topological polar surface area (TPSA) is 145 Å². The van der Waals surface area contributed by atoms with Crippen molar-refractivity contribution in [2.45, 2.75) is 36.7 Å². The van der Waals surface area contributed by atoms with Gasteiger partial charge >= 0.3 is 18.0 Å². The fourth-order valence-electron chi connectivity index (χ4n) is 4.20. The molecule has 1 unspecified atom stereocenters. The summed E-state index contributed by atoms with van der Waals surface area (Å²) in [5.74, 6) is -4.72. The summed E-state index contributed by atoms with van der Waals surface area (Å²) < 4.78 is 18.5. The molecule has 2 aliphatic rings. The molecule has 1 saturated heterocycles. The number of urea groups is 1. The number of allylic oxidation sites excluding steroid dienone is 3. The van der Waals surface area contributed by atoms with Crippen LogP contribution < -0.4 is 0 Å².